The molecule has 3 saturated heterocycles. The van der Waals surface area contributed by atoms with E-state index in [1.807, 2.05) is 0 Å². The predicted octanol–water partition coefficient (Wildman–Crippen LogP) is 0.782. The number of rotatable bonds is 0. The minimum atomic E-state index is -0.889. The number of halogens is 1. The van der Waals surface area contributed by atoms with Gasteiger partial charge in [0, 0.05) is 0 Å². The molecule has 4 rings (SSSR count). The van der Waals surface area contributed by atoms with E-state index in [4.69, 9.17) is 0 Å². The van der Waals surface area contributed by atoms with Crippen molar-refractivity contribution in [3.8, 4) is 0 Å². The molecule has 2 atom stereocenters. The van der Waals surface area contributed by atoms with Crippen molar-refractivity contribution in [1.29, 1.82) is 0 Å². The molecule has 3 aliphatic heterocycles. The van der Waals surface area contributed by atoms with E-state index in [-0.39, 0.29) is 0 Å². The Kier molecular flexibility index (Phi) is 1.45. The van der Waals surface area contributed by atoms with Crippen molar-refractivity contribution in [3.63, 3.8) is 0 Å². The second-order valence-electron chi connectivity index (χ2n) is 4.89. The van der Waals surface area contributed by atoms with Crippen LogP contribution in [0.3, 0.4) is 0 Å². The predicted molar refractivity (Wildman–Crippen MR) is 55.9 cm³/mol. The van der Waals surface area contributed by atoms with Gasteiger partial charge in [0.15, 0.2) is 0 Å². The van der Waals surface area contributed by atoms with Crippen LogP contribution in [0.2, 0.25) is 0 Å². The van der Waals surface area contributed by atoms with Crippen LogP contribution < -0.4 is 0 Å². The molecule has 4 fully saturated rings. The summed E-state index contributed by atoms with van der Waals surface area (Å²) in [6, 6.07) is 0. The molecule has 0 amide bonds. The van der Waals surface area contributed by atoms with Gasteiger partial charge in [-0.15, -0.1) is 0 Å². The molecular weight excluding hydrogens is 267 g/mol. The van der Waals surface area contributed by atoms with Gasteiger partial charge in [-0.1, -0.05) is 0 Å². The Morgan fingerprint density at radius 2 is 1.67 bits per heavy atom. The van der Waals surface area contributed by atoms with Gasteiger partial charge in [0.25, 0.3) is 0 Å². The first kappa shape index (κ1) is 8.00. The maximum absolute atomic E-state index is 10.1. The second-order valence-corrected chi connectivity index (χ2v) is 10.5. The molecule has 3 heterocycles. The first-order valence-corrected chi connectivity index (χ1v) is 9.17. The molecule has 1 saturated carbocycles. The Bertz CT molecular complexity index is 195. The Morgan fingerprint density at radius 3 is 2.08 bits per heavy atom. The molecule has 2 N–H and O–H groups in total. The molecule has 4 bridgehead atoms. The minimum absolute atomic E-state index is 0.418. The molecule has 0 aromatic carbocycles. The van der Waals surface area contributed by atoms with Crippen molar-refractivity contribution in [2.75, 3.05) is 13.3 Å². The Morgan fingerprint density at radius 1 is 1.08 bits per heavy atom. The van der Waals surface area contributed by atoms with Crippen LogP contribution in [0.1, 0.15) is 19.3 Å². The van der Waals surface area contributed by atoms with Gasteiger partial charge < -0.3 is 0 Å². The fourth-order valence-corrected chi connectivity index (χ4v) is 11.8. The zero-order valence-electron chi connectivity index (χ0n) is 7.09. The van der Waals surface area contributed by atoms with Crippen LogP contribution in [0.4, 0.5) is 0 Å². The number of hydrogen-bond acceptors (Lipinski definition) is 2. The molecule has 0 aromatic heterocycles. The van der Waals surface area contributed by atoms with Crippen LogP contribution in [-0.2, 0) is 0 Å². The quantitative estimate of drug-likeness (QED) is 0.509. The third kappa shape index (κ3) is 1.06. The third-order valence-electron chi connectivity index (χ3n) is 3.31. The summed E-state index contributed by atoms with van der Waals surface area (Å²) in [7, 11) is 0. The fourth-order valence-electron chi connectivity index (χ4n) is 3.38. The molecule has 3 heteroatoms. The van der Waals surface area contributed by atoms with Gasteiger partial charge >= 0.3 is 79.7 Å². The number of hydrogen-bond donors (Lipinski definition) is 2. The fraction of sp³-hybridized carbons (Fsp3) is 1.00. The topological polar surface area (TPSA) is 40.5 Å². The molecule has 1 aliphatic carbocycles. The van der Waals surface area contributed by atoms with Gasteiger partial charge in [0.2, 0.25) is 0 Å². The van der Waals surface area contributed by atoms with Gasteiger partial charge in [-0.25, -0.2) is 0 Å². The molecule has 2 unspecified atom stereocenters. The van der Waals surface area contributed by atoms with Crippen LogP contribution in [0.15, 0.2) is 0 Å². The average Bonchev–Trinajstić information content (AvgIpc) is 1.75. The van der Waals surface area contributed by atoms with Crippen molar-refractivity contribution >= 4 is 19.8 Å². The first-order valence-electron chi connectivity index (χ1n) is 4.60. The summed E-state index contributed by atoms with van der Waals surface area (Å²) in [5, 5.41) is 20.3. The average molecular weight is 282 g/mol. The maximum atomic E-state index is 10.1. The Labute approximate surface area is 79.7 Å². The SMILES string of the molecule is OC12CC3CI(C1)CC(O)(C3)C2. The van der Waals surface area contributed by atoms with E-state index in [0.717, 1.165) is 21.7 Å². The number of aliphatic hydroxyl groups is 2. The standard InChI is InChI=1S/C9H15IO2/c11-8-1-7-2-9(12,4-8)6-10(3-7)5-8/h7,11-12H,1-6H2. The van der Waals surface area contributed by atoms with Crippen molar-refractivity contribution in [1.82, 2.24) is 0 Å². The molecule has 0 aromatic rings. The van der Waals surface area contributed by atoms with E-state index >= 15 is 0 Å². The molecule has 0 radical (unpaired) electrons. The summed E-state index contributed by atoms with van der Waals surface area (Å²) < 4.78 is 3.63. The molecular formula is C9H15IO2. The Hall–Kier alpha value is 0.650. The van der Waals surface area contributed by atoms with Crippen molar-refractivity contribution < 1.29 is 10.2 Å². The van der Waals surface area contributed by atoms with Gasteiger partial charge in [0.1, 0.15) is 0 Å². The third-order valence-corrected chi connectivity index (χ3v) is 10.8. The van der Waals surface area contributed by atoms with Crippen molar-refractivity contribution in [2.24, 2.45) is 5.92 Å². The summed E-state index contributed by atoms with van der Waals surface area (Å²) in [5.41, 5.74) is -0.835. The van der Waals surface area contributed by atoms with Crippen LogP contribution in [0.5, 0.6) is 0 Å². The monoisotopic (exact) mass is 282 g/mol. The van der Waals surface area contributed by atoms with E-state index in [2.05, 4.69) is 0 Å². The summed E-state index contributed by atoms with van der Waals surface area (Å²) in [5.74, 6) is 0.682. The van der Waals surface area contributed by atoms with Crippen LogP contribution in [-0.4, -0.2) is 34.7 Å². The van der Waals surface area contributed by atoms with E-state index in [0.29, 0.717) is 12.3 Å². The van der Waals surface area contributed by atoms with Crippen LogP contribution in [0.25, 0.3) is 0 Å². The van der Waals surface area contributed by atoms with Gasteiger partial charge in [-0.05, 0) is 0 Å². The van der Waals surface area contributed by atoms with E-state index in [1.54, 1.807) is 0 Å². The summed E-state index contributed by atoms with van der Waals surface area (Å²) >= 11 is -0.889. The van der Waals surface area contributed by atoms with E-state index < -0.39 is 31.0 Å². The zero-order valence-corrected chi connectivity index (χ0v) is 9.25. The molecule has 70 valence electrons. The van der Waals surface area contributed by atoms with E-state index in [1.165, 1.54) is 4.43 Å². The molecule has 4 aliphatic rings. The zero-order chi connectivity index (χ0) is 8.40. The van der Waals surface area contributed by atoms with Gasteiger partial charge in [-0.3, -0.25) is 0 Å². The van der Waals surface area contributed by atoms with Gasteiger partial charge in [0.05, 0.1) is 0 Å². The van der Waals surface area contributed by atoms with E-state index in [9.17, 15) is 10.2 Å². The second kappa shape index (κ2) is 2.17. The first-order chi connectivity index (χ1) is 5.57. The van der Waals surface area contributed by atoms with Gasteiger partial charge in [-0.2, -0.15) is 0 Å². The summed E-state index contributed by atoms with van der Waals surface area (Å²) in [6.45, 7) is 0. The Balaban J connectivity index is 1.98. The van der Waals surface area contributed by atoms with Crippen molar-refractivity contribution in [3.05, 3.63) is 0 Å². The summed E-state index contributed by atoms with van der Waals surface area (Å²) in [6.07, 6.45) is 2.66. The molecule has 0 spiro atoms. The molecule has 12 heavy (non-hydrogen) atoms. The van der Waals surface area contributed by atoms with Crippen molar-refractivity contribution in [2.45, 2.75) is 30.5 Å². The van der Waals surface area contributed by atoms with Crippen LogP contribution in [0, 0.1) is 5.92 Å². The molecule has 2 nitrogen and oxygen atoms in total. The summed E-state index contributed by atoms with van der Waals surface area (Å²) in [4.78, 5) is 0. The normalized spacial score (nSPS) is 59.5. The van der Waals surface area contributed by atoms with Crippen LogP contribution >= 0.6 is 19.8 Å². The number of alkyl halides is 3.